The summed E-state index contributed by atoms with van der Waals surface area (Å²) in [7, 11) is 0. The molecule has 2 rings (SSSR count). The summed E-state index contributed by atoms with van der Waals surface area (Å²) in [5, 5.41) is 11.8. The summed E-state index contributed by atoms with van der Waals surface area (Å²) >= 11 is 0. The Bertz CT molecular complexity index is 531. The molecule has 0 bridgehead atoms. The molecule has 0 radical (unpaired) electrons. The molecule has 1 aromatic heterocycles. The second-order valence-corrected chi connectivity index (χ2v) is 3.61. The number of aliphatic hydroxyl groups excluding tert-OH is 1. The molecule has 17 heavy (non-hydrogen) atoms. The van der Waals surface area contributed by atoms with Crippen molar-refractivity contribution in [1.29, 1.82) is 0 Å². The van der Waals surface area contributed by atoms with Crippen LogP contribution in [0.15, 0.2) is 30.5 Å². The summed E-state index contributed by atoms with van der Waals surface area (Å²) in [6.07, 6.45) is 1.53. The second-order valence-electron chi connectivity index (χ2n) is 3.61. The zero-order valence-electron chi connectivity index (χ0n) is 9.31. The van der Waals surface area contributed by atoms with Gasteiger partial charge >= 0.3 is 0 Å². The maximum Gasteiger partial charge on any atom is 0.156 e. The summed E-state index contributed by atoms with van der Waals surface area (Å²) in [6, 6.07) is 6.50. The molecule has 88 valence electrons. The third-order valence-electron chi connectivity index (χ3n) is 2.29. The number of aliphatic hydroxyl groups is 1. The van der Waals surface area contributed by atoms with Crippen molar-refractivity contribution >= 4 is 11.5 Å². The van der Waals surface area contributed by atoms with E-state index in [1.54, 1.807) is 25.1 Å². The second kappa shape index (κ2) is 4.88. The van der Waals surface area contributed by atoms with Crippen molar-refractivity contribution in [3.63, 3.8) is 0 Å². The first-order chi connectivity index (χ1) is 8.19. The highest BCUT2D eigenvalue weighted by Gasteiger charge is 2.01. The van der Waals surface area contributed by atoms with E-state index in [-0.39, 0.29) is 12.4 Å². The number of nitrogens with zero attached hydrogens (tertiary/aromatic N) is 2. The maximum atomic E-state index is 13.3. The predicted molar refractivity (Wildman–Crippen MR) is 62.4 cm³/mol. The summed E-state index contributed by atoms with van der Waals surface area (Å²) in [6.45, 7) is 1.48. The Morgan fingerprint density at radius 2 is 2.18 bits per heavy atom. The molecular formula is C12H12FN3O. The molecule has 2 N–H and O–H groups in total. The van der Waals surface area contributed by atoms with Gasteiger partial charge in [0.1, 0.15) is 18.2 Å². The SMILES string of the molecule is Cc1ccc(Nc2ccnc(CO)n2)cc1F. The van der Waals surface area contributed by atoms with E-state index >= 15 is 0 Å². The van der Waals surface area contributed by atoms with E-state index in [1.807, 2.05) is 0 Å². The molecule has 1 heterocycles. The molecule has 0 saturated carbocycles. The molecule has 0 amide bonds. The predicted octanol–water partition coefficient (Wildman–Crippen LogP) is 2.16. The van der Waals surface area contributed by atoms with Gasteiger partial charge < -0.3 is 10.4 Å². The highest BCUT2D eigenvalue weighted by atomic mass is 19.1. The minimum Gasteiger partial charge on any atom is -0.388 e. The number of hydrogen-bond donors (Lipinski definition) is 2. The lowest BCUT2D eigenvalue weighted by atomic mass is 10.2. The van der Waals surface area contributed by atoms with Crippen LogP contribution in [-0.4, -0.2) is 15.1 Å². The first-order valence-corrected chi connectivity index (χ1v) is 5.15. The van der Waals surface area contributed by atoms with E-state index in [9.17, 15) is 4.39 Å². The Balaban J connectivity index is 2.22. The topological polar surface area (TPSA) is 58.0 Å². The number of halogens is 1. The third kappa shape index (κ3) is 2.76. The van der Waals surface area contributed by atoms with Crippen molar-refractivity contribution in [2.24, 2.45) is 0 Å². The van der Waals surface area contributed by atoms with Crippen LogP contribution in [0.2, 0.25) is 0 Å². The van der Waals surface area contributed by atoms with Crippen molar-refractivity contribution < 1.29 is 9.50 Å². The third-order valence-corrected chi connectivity index (χ3v) is 2.29. The standard InChI is InChI=1S/C12H12FN3O/c1-8-2-3-9(6-10(8)13)15-11-4-5-14-12(7-17)16-11/h2-6,17H,7H2,1H3,(H,14,15,16). The van der Waals surface area contributed by atoms with Crippen LogP contribution in [0.5, 0.6) is 0 Å². The molecular weight excluding hydrogens is 221 g/mol. The van der Waals surface area contributed by atoms with Crippen molar-refractivity contribution in [3.8, 4) is 0 Å². The van der Waals surface area contributed by atoms with Crippen LogP contribution in [0, 0.1) is 12.7 Å². The Morgan fingerprint density at radius 3 is 2.88 bits per heavy atom. The number of aromatic nitrogens is 2. The summed E-state index contributed by atoms with van der Waals surface area (Å²) < 4.78 is 13.3. The van der Waals surface area contributed by atoms with Crippen LogP contribution < -0.4 is 5.32 Å². The molecule has 5 heteroatoms. The van der Waals surface area contributed by atoms with Gasteiger partial charge in [0, 0.05) is 11.9 Å². The lowest BCUT2D eigenvalue weighted by molar-refractivity contribution is 0.271. The smallest absolute Gasteiger partial charge is 0.156 e. The molecule has 0 aliphatic carbocycles. The molecule has 1 aromatic carbocycles. The lowest BCUT2D eigenvalue weighted by Crippen LogP contribution is -1.99. The van der Waals surface area contributed by atoms with Gasteiger partial charge in [0.25, 0.3) is 0 Å². The minimum atomic E-state index is -0.272. The molecule has 0 spiro atoms. The van der Waals surface area contributed by atoms with Gasteiger partial charge in [-0.25, -0.2) is 14.4 Å². The molecule has 2 aromatic rings. The van der Waals surface area contributed by atoms with Crippen molar-refractivity contribution in [3.05, 3.63) is 47.7 Å². The molecule has 0 saturated heterocycles. The van der Waals surface area contributed by atoms with E-state index in [4.69, 9.17) is 5.11 Å². The van der Waals surface area contributed by atoms with Gasteiger partial charge in [0.15, 0.2) is 5.82 Å². The van der Waals surface area contributed by atoms with Crippen LogP contribution in [0.3, 0.4) is 0 Å². The Hall–Kier alpha value is -2.01. The average Bonchev–Trinajstić information content (AvgIpc) is 2.34. The fourth-order valence-corrected chi connectivity index (χ4v) is 1.36. The molecule has 0 unspecified atom stereocenters. The first-order valence-electron chi connectivity index (χ1n) is 5.15. The lowest BCUT2D eigenvalue weighted by Gasteiger charge is -2.07. The van der Waals surface area contributed by atoms with E-state index in [0.717, 1.165) is 0 Å². The highest BCUT2D eigenvalue weighted by molar-refractivity contribution is 5.56. The van der Waals surface area contributed by atoms with Crippen molar-refractivity contribution in [1.82, 2.24) is 9.97 Å². The van der Waals surface area contributed by atoms with E-state index in [1.165, 1.54) is 12.3 Å². The van der Waals surface area contributed by atoms with Gasteiger partial charge in [-0.1, -0.05) is 6.07 Å². The number of nitrogens with one attached hydrogen (secondary N) is 1. The van der Waals surface area contributed by atoms with Gasteiger partial charge in [-0.2, -0.15) is 0 Å². The number of rotatable bonds is 3. The normalized spacial score (nSPS) is 10.3. The Labute approximate surface area is 98.2 Å². The number of anilines is 2. The number of hydrogen-bond acceptors (Lipinski definition) is 4. The molecule has 0 aliphatic heterocycles. The van der Waals surface area contributed by atoms with Crippen LogP contribution in [0.25, 0.3) is 0 Å². The zero-order chi connectivity index (χ0) is 12.3. The van der Waals surface area contributed by atoms with Crippen LogP contribution in [0.4, 0.5) is 15.9 Å². The first kappa shape index (κ1) is 11.5. The number of aryl methyl sites for hydroxylation is 1. The Kier molecular flexibility index (Phi) is 3.30. The minimum absolute atomic E-state index is 0.224. The highest BCUT2D eigenvalue weighted by Crippen LogP contribution is 2.17. The molecule has 0 aliphatic rings. The largest absolute Gasteiger partial charge is 0.388 e. The summed E-state index contributed by atoms with van der Waals surface area (Å²) in [4.78, 5) is 7.90. The fraction of sp³-hybridized carbons (Fsp3) is 0.167. The van der Waals surface area contributed by atoms with E-state index in [2.05, 4.69) is 15.3 Å². The fourth-order valence-electron chi connectivity index (χ4n) is 1.36. The van der Waals surface area contributed by atoms with Crippen LogP contribution >= 0.6 is 0 Å². The average molecular weight is 233 g/mol. The van der Waals surface area contributed by atoms with Crippen molar-refractivity contribution in [2.75, 3.05) is 5.32 Å². The van der Waals surface area contributed by atoms with Gasteiger partial charge in [-0.05, 0) is 30.7 Å². The Morgan fingerprint density at radius 1 is 1.35 bits per heavy atom. The molecule has 0 atom stereocenters. The van der Waals surface area contributed by atoms with E-state index < -0.39 is 0 Å². The van der Waals surface area contributed by atoms with E-state index in [0.29, 0.717) is 22.9 Å². The summed E-state index contributed by atoms with van der Waals surface area (Å²) in [5.41, 5.74) is 1.20. The maximum absolute atomic E-state index is 13.3. The van der Waals surface area contributed by atoms with Gasteiger partial charge in [0.2, 0.25) is 0 Å². The van der Waals surface area contributed by atoms with Gasteiger partial charge in [-0.3, -0.25) is 0 Å². The summed E-state index contributed by atoms with van der Waals surface area (Å²) in [5.74, 6) is 0.571. The van der Waals surface area contributed by atoms with Gasteiger partial charge in [0.05, 0.1) is 0 Å². The zero-order valence-corrected chi connectivity index (χ0v) is 9.31. The van der Waals surface area contributed by atoms with Crippen LogP contribution in [0.1, 0.15) is 11.4 Å². The number of benzene rings is 1. The molecule has 0 fully saturated rings. The van der Waals surface area contributed by atoms with Crippen LogP contribution in [-0.2, 0) is 6.61 Å². The quantitative estimate of drug-likeness (QED) is 0.852. The van der Waals surface area contributed by atoms with Crippen molar-refractivity contribution in [2.45, 2.75) is 13.5 Å². The molecule has 4 nitrogen and oxygen atoms in total. The monoisotopic (exact) mass is 233 g/mol. The van der Waals surface area contributed by atoms with Gasteiger partial charge in [-0.15, -0.1) is 0 Å².